The van der Waals surface area contributed by atoms with Gasteiger partial charge in [0.15, 0.2) is 5.60 Å². The Kier molecular flexibility index (Phi) is 8.37. The van der Waals surface area contributed by atoms with Gasteiger partial charge in [-0.15, -0.1) is 0 Å². The fraction of sp³-hybridized carbons (Fsp3) is 0.577. The molecule has 0 spiro atoms. The molecule has 7 heteroatoms. The Labute approximate surface area is 196 Å². The predicted molar refractivity (Wildman–Crippen MR) is 124 cm³/mol. The van der Waals surface area contributed by atoms with E-state index in [-0.39, 0.29) is 36.8 Å². The average Bonchev–Trinajstić information content (AvgIpc) is 3.25. The molecule has 1 aromatic rings. The van der Waals surface area contributed by atoms with Crippen molar-refractivity contribution in [3.05, 3.63) is 35.4 Å². The van der Waals surface area contributed by atoms with E-state index in [4.69, 9.17) is 9.47 Å². The molecule has 1 N–H and O–H groups in total. The molecule has 1 saturated carbocycles. The molecule has 0 bridgehead atoms. The number of amides is 2. The van der Waals surface area contributed by atoms with Gasteiger partial charge in [0, 0.05) is 37.0 Å². The first kappa shape index (κ1) is 24.6. The number of nitrogens with one attached hydrogen (secondary N) is 1. The fourth-order valence-corrected chi connectivity index (χ4v) is 4.89. The molecule has 1 aliphatic heterocycles. The minimum atomic E-state index is -0.994. The van der Waals surface area contributed by atoms with Crippen molar-refractivity contribution in [1.29, 1.82) is 0 Å². The Morgan fingerprint density at radius 2 is 2.06 bits per heavy atom. The van der Waals surface area contributed by atoms with E-state index in [9.17, 15) is 14.4 Å². The van der Waals surface area contributed by atoms with Gasteiger partial charge in [-0.1, -0.05) is 25.0 Å². The van der Waals surface area contributed by atoms with Crippen LogP contribution in [0.4, 0.5) is 4.79 Å². The highest BCUT2D eigenvalue weighted by molar-refractivity contribution is 5.81. The summed E-state index contributed by atoms with van der Waals surface area (Å²) in [6, 6.07) is 7.80. The highest BCUT2D eigenvalue weighted by atomic mass is 16.6. The monoisotopic (exact) mass is 454 g/mol. The SMILES string of the molecule is CCCNC(=O)CCC(=O)O[C@@]1(C#Cc2cccc(C)c2)CCC[C@@H]2[C@H]1CCN2C(=O)OC. The van der Waals surface area contributed by atoms with Crippen LogP contribution in [0.3, 0.4) is 0 Å². The molecular formula is C26H34N2O5. The first-order valence-corrected chi connectivity index (χ1v) is 11.8. The normalized spacial score (nSPS) is 23.7. The van der Waals surface area contributed by atoms with Gasteiger partial charge >= 0.3 is 12.1 Å². The zero-order valence-electron chi connectivity index (χ0n) is 19.8. The third kappa shape index (κ3) is 6.07. The molecule has 0 radical (unpaired) electrons. The van der Waals surface area contributed by atoms with Gasteiger partial charge in [0.25, 0.3) is 0 Å². The van der Waals surface area contributed by atoms with Gasteiger partial charge in [-0.3, -0.25) is 9.59 Å². The lowest BCUT2D eigenvalue weighted by atomic mass is 9.72. The summed E-state index contributed by atoms with van der Waals surface area (Å²) in [7, 11) is 1.38. The van der Waals surface area contributed by atoms with Crippen molar-refractivity contribution in [2.24, 2.45) is 5.92 Å². The Bertz CT molecular complexity index is 934. The highest BCUT2D eigenvalue weighted by Crippen LogP contribution is 2.45. The maximum atomic E-state index is 12.8. The number of carbonyl (C=O) groups excluding carboxylic acids is 3. The number of benzene rings is 1. The molecule has 1 heterocycles. The fourth-order valence-electron chi connectivity index (χ4n) is 4.89. The Morgan fingerprint density at radius 1 is 1.24 bits per heavy atom. The third-order valence-electron chi connectivity index (χ3n) is 6.46. The van der Waals surface area contributed by atoms with Crippen molar-refractivity contribution in [2.45, 2.75) is 70.4 Å². The lowest BCUT2D eigenvalue weighted by molar-refractivity contribution is -0.163. The third-order valence-corrected chi connectivity index (χ3v) is 6.46. The second kappa shape index (κ2) is 11.2. The zero-order chi connectivity index (χ0) is 23.8. The number of rotatable bonds is 6. The van der Waals surface area contributed by atoms with Crippen molar-refractivity contribution in [3.8, 4) is 11.8 Å². The van der Waals surface area contributed by atoms with Crippen LogP contribution in [0.15, 0.2) is 24.3 Å². The van der Waals surface area contributed by atoms with E-state index in [0.717, 1.165) is 30.4 Å². The van der Waals surface area contributed by atoms with Crippen molar-refractivity contribution in [3.63, 3.8) is 0 Å². The second-order valence-corrected chi connectivity index (χ2v) is 8.85. The molecule has 3 atom stereocenters. The summed E-state index contributed by atoms with van der Waals surface area (Å²) in [4.78, 5) is 38.8. The number of aryl methyl sites for hydroxylation is 1. The number of esters is 1. The largest absolute Gasteiger partial charge is 0.453 e. The van der Waals surface area contributed by atoms with Crippen LogP contribution in [0.5, 0.6) is 0 Å². The predicted octanol–water partition coefficient (Wildman–Crippen LogP) is 3.58. The molecule has 1 aliphatic carbocycles. The summed E-state index contributed by atoms with van der Waals surface area (Å²) < 4.78 is 11.1. The minimum absolute atomic E-state index is 0.00151. The van der Waals surface area contributed by atoms with Crippen molar-refractivity contribution in [2.75, 3.05) is 20.2 Å². The summed E-state index contributed by atoms with van der Waals surface area (Å²) in [6.07, 6.45) is 3.47. The van der Waals surface area contributed by atoms with Crippen molar-refractivity contribution < 1.29 is 23.9 Å². The standard InChI is InChI=1S/C26H34N2O5/c1-4-16-27-23(29)10-11-24(30)33-26(15-12-20-8-5-7-19(2)18-20)14-6-9-22-21(26)13-17-28(22)25(31)32-3/h5,7-8,18,21-22H,4,6,9-11,13-14,16-17H2,1-3H3,(H,27,29)/t21-,22-,26-/m1/s1. The zero-order valence-corrected chi connectivity index (χ0v) is 19.8. The van der Waals surface area contributed by atoms with Crippen molar-refractivity contribution in [1.82, 2.24) is 10.2 Å². The number of hydrogen-bond acceptors (Lipinski definition) is 5. The molecule has 1 saturated heterocycles. The van der Waals surface area contributed by atoms with E-state index >= 15 is 0 Å². The van der Waals surface area contributed by atoms with E-state index in [2.05, 4.69) is 17.2 Å². The van der Waals surface area contributed by atoms with Crippen LogP contribution in [0.2, 0.25) is 0 Å². The topological polar surface area (TPSA) is 84.9 Å². The number of ether oxygens (including phenoxy) is 2. The molecule has 2 aliphatic rings. The molecule has 0 unspecified atom stereocenters. The van der Waals surface area contributed by atoms with Gasteiger partial charge in [0.2, 0.25) is 5.91 Å². The molecule has 2 amide bonds. The first-order chi connectivity index (χ1) is 15.9. The number of methoxy groups -OCH3 is 1. The van der Waals surface area contributed by atoms with Gasteiger partial charge in [-0.25, -0.2) is 4.79 Å². The van der Waals surface area contributed by atoms with Crippen LogP contribution in [0, 0.1) is 24.7 Å². The molecule has 1 aromatic carbocycles. The average molecular weight is 455 g/mol. The molecule has 178 valence electrons. The number of hydrogen-bond donors (Lipinski definition) is 1. The van der Waals surface area contributed by atoms with Gasteiger partial charge in [-0.2, -0.15) is 0 Å². The van der Waals surface area contributed by atoms with Crippen LogP contribution in [-0.4, -0.2) is 54.7 Å². The van der Waals surface area contributed by atoms with Crippen molar-refractivity contribution >= 4 is 18.0 Å². The summed E-state index contributed by atoms with van der Waals surface area (Å²) >= 11 is 0. The number of likely N-dealkylation sites (tertiary alicyclic amines) is 1. The highest BCUT2D eigenvalue weighted by Gasteiger charge is 2.53. The minimum Gasteiger partial charge on any atom is -0.453 e. The summed E-state index contributed by atoms with van der Waals surface area (Å²) in [6.45, 7) is 5.12. The quantitative estimate of drug-likeness (QED) is 0.525. The van der Waals surface area contributed by atoms with E-state index in [0.29, 0.717) is 25.9 Å². The molecular weight excluding hydrogens is 420 g/mol. The summed E-state index contributed by atoms with van der Waals surface area (Å²) in [5, 5.41) is 2.78. The Balaban J connectivity index is 1.83. The Hall–Kier alpha value is -3.01. The van der Waals surface area contributed by atoms with Crippen LogP contribution < -0.4 is 5.32 Å². The molecule has 7 nitrogen and oxygen atoms in total. The van der Waals surface area contributed by atoms with Crippen LogP contribution in [-0.2, 0) is 19.1 Å². The van der Waals surface area contributed by atoms with Gasteiger partial charge < -0.3 is 19.7 Å². The number of fused-ring (bicyclic) bond motifs is 1. The smallest absolute Gasteiger partial charge is 0.409 e. The van der Waals surface area contributed by atoms with E-state index < -0.39 is 11.6 Å². The van der Waals surface area contributed by atoms with Crippen LogP contribution >= 0.6 is 0 Å². The van der Waals surface area contributed by atoms with Gasteiger partial charge in [0.05, 0.1) is 13.5 Å². The second-order valence-electron chi connectivity index (χ2n) is 8.85. The maximum Gasteiger partial charge on any atom is 0.409 e. The number of nitrogens with zero attached hydrogens (tertiary/aromatic N) is 1. The van der Waals surface area contributed by atoms with E-state index in [1.54, 1.807) is 4.90 Å². The maximum absolute atomic E-state index is 12.8. The molecule has 3 rings (SSSR count). The first-order valence-electron chi connectivity index (χ1n) is 11.8. The molecule has 33 heavy (non-hydrogen) atoms. The van der Waals surface area contributed by atoms with E-state index in [1.165, 1.54) is 7.11 Å². The molecule has 2 fully saturated rings. The number of carbonyl (C=O) groups is 3. The van der Waals surface area contributed by atoms with Crippen LogP contribution in [0.1, 0.15) is 63.0 Å². The summed E-state index contributed by atoms with van der Waals surface area (Å²) in [5.41, 5.74) is 0.964. The molecule has 0 aromatic heterocycles. The Morgan fingerprint density at radius 3 is 2.79 bits per heavy atom. The van der Waals surface area contributed by atoms with E-state index in [1.807, 2.05) is 38.1 Å². The lowest BCUT2D eigenvalue weighted by Crippen LogP contribution is -2.51. The lowest BCUT2D eigenvalue weighted by Gasteiger charge is -2.42. The van der Waals surface area contributed by atoms with Gasteiger partial charge in [-0.05, 0) is 62.6 Å². The van der Waals surface area contributed by atoms with Crippen LogP contribution in [0.25, 0.3) is 0 Å². The summed E-state index contributed by atoms with van der Waals surface area (Å²) in [5.74, 6) is 5.84. The van der Waals surface area contributed by atoms with Gasteiger partial charge in [0.1, 0.15) is 0 Å².